The fourth-order valence-corrected chi connectivity index (χ4v) is 3.75. The SMILES string of the molecule is Cc1nn(C)c(C)c1CCC(=O)NCCS(=O)(=O)c1ccc(F)cc1. The lowest BCUT2D eigenvalue weighted by Gasteiger charge is -2.07. The number of hydrogen-bond acceptors (Lipinski definition) is 4. The van der Waals surface area contributed by atoms with Gasteiger partial charge in [-0.2, -0.15) is 5.10 Å². The van der Waals surface area contributed by atoms with Crippen molar-refractivity contribution in [2.45, 2.75) is 31.6 Å². The Labute approximate surface area is 147 Å². The number of aromatic nitrogens is 2. The molecule has 2 aromatic rings. The van der Waals surface area contributed by atoms with Crippen LogP contribution in [0, 0.1) is 19.7 Å². The molecule has 2 rings (SSSR count). The number of nitrogens with one attached hydrogen (secondary N) is 1. The molecule has 6 nitrogen and oxygen atoms in total. The van der Waals surface area contributed by atoms with E-state index in [-0.39, 0.29) is 29.5 Å². The molecule has 0 fully saturated rings. The number of carbonyl (C=O) groups excluding carboxylic acids is 1. The van der Waals surface area contributed by atoms with Crippen LogP contribution in [0.15, 0.2) is 29.2 Å². The highest BCUT2D eigenvalue weighted by Gasteiger charge is 2.15. The van der Waals surface area contributed by atoms with Crippen LogP contribution in [0.2, 0.25) is 0 Å². The van der Waals surface area contributed by atoms with Gasteiger partial charge in [-0.15, -0.1) is 0 Å². The number of aryl methyl sites for hydroxylation is 2. The third-order valence-electron chi connectivity index (χ3n) is 4.13. The van der Waals surface area contributed by atoms with Crippen LogP contribution in [-0.4, -0.2) is 36.4 Å². The first-order valence-corrected chi connectivity index (χ1v) is 9.60. The molecule has 0 bridgehead atoms. The van der Waals surface area contributed by atoms with Crippen molar-refractivity contribution in [3.05, 3.63) is 47.0 Å². The smallest absolute Gasteiger partial charge is 0.220 e. The second kappa shape index (κ2) is 7.77. The largest absolute Gasteiger partial charge is 0.355 e. The molecule has 0 saturated carbocycles. The molecular formula is C17H22FN3O3S. The van der Waals surface area contributed by atoms with E-state index in [1.165, 1.54) is 12.1 Å². The molecule has 0 spiro atoms. The second-order valence-corrected chi connectivity index (χ2v) is 8.00. The Morgan fingerprint density at radius 3 is 2.44 bits per heavy atom. The molecule has 1 heterocycles. The maximum atomic E-state index is 12.9. The van der Waals surface area contributed by atoms with E-state index in [0.29, 0.717) is 6.42 Å². The van der Waals surface area contributed by atoms with Crippen LogP contribution in [0.5, 0.6) is 0 Å². The molecule has 0 aliphatic heterocycles. The van der Waals surface area contributed by atoms with E-state index in [4.69, 9.17) is 0 Å². The quantitative estimate of drug-likeness (QED) is 0.755. The van der Waals surface area contributed by atoms with Crippen LogP contribution in [-0.2, 0) is 28.1 Å². The zero-order valence-electron chi connectivity index (χ0n) is 14.5. The third-order valence-corrected chi connectivity index (χ3v) is 5.86. The molecule has 1 aromatic heterocycles. The summed E-state index contributed by atoms with van der Waals surface area (Å²) >= 11 is 0. The lowest BCUT2D eigenvalue weighted by molar-refractivity contribution is -0.120. The van der Waals surface area contributed by atoms with E-state index < -0.39 is 15.7 Å². The average molecular weight is 367 g/mol. The summed E-state index contributed by atoms with van der Waals surface area (Å²) in [5.74, 6) is -0.930. The summed E-state index contributed by atoms with van der Waals surface area (Å²) in [7, 11) is -1.69. The summed E-state index contributed by atoms with van der Waals surface area (Å²) in [5.41, 5.74) is 2.95. The van der Waals surface area contributed by atoms with Gasteiger partial charge in [0, 0.05) is 25.7 Å². The van der Waals surface area contributed by atoms with Crippen molar-refractivity contribution in [2.24, 2.45) is 7.05 Å². The molecule has 1 aromatic carbocycles. The van der Waals surface area contributed by atoms with Crippen LogP contribution in [0.3, 0.4) is 0 Å². The molecule has 136 valence electrons. The molecule has 0 aliphatic carbocycles. The number of benzene rings is 1. The Balaban J connectivity index is 1.83. The first kappa shape index (κ1) is 19.1. The van der Waals surface area contributed by atoms with Crippen molar-refractivity contribution < 1.29 is 17.6 Å². The fourth-order valence-electron chi connectivity index (χ4n) is 2.59. The number of hydrogen-bond donors (Lipinski definition) is 1. The Bertz CT molecular complexity index is 858. The van der Waals surface area contributed by atoms with Gasteiger partial charge in [0.1, 0.15) is 5.82 Å². The molecule has 0 aliphatic rings. The van der Waals surface area contributed by atoms with Gasteiger partial charge in [-0.05, 0) is 50.1 Å². The van der Waals surface area contributed by atoms with Gasteiger partial charge in [0.15, 0.2) is 9.84 Å². The van der Waals surface area contributed by atoms with Crippen molar-refractivity contribution >= 4 is 15.7 Å². The first-order valence-electron chi connectivity index (χ1n) is 7.95. The molecule has 0 radical (unpaired) electrons. The van der Waals surface area contributed by atoms with E-state index in [1.54, 1.807) is 4.68 Å². The fraction of sp³-hybridized carbons (Fsp3) is 0.412. The van der Waals surface area contributed by atoms with Crippen molar-refractivity contribution in [3.8, 4) is 0 Å². The minimum absolute atomic E-state index is 0.0174. The van der Waals surface area contributed by atoms with Crippen LogP contribution in [0.25, 0.3) is 0 Å². The summed E-state index contributed by atoms with van der Waals surface area (Å²) in [6, 6.07) is 4.65. The highest BCUT2D eigenvalue weighted by Crippen LogP contribution is 2.14. The van der Waals surface area contributed by atoms with Gasteiger partial charge in [-0.3, -0.25) is 9.48 Å². The molecule has 8 heteroatoms. The number of amides is 1. The number of nitrogens with zero attached hydrogens (tertiary/aromatic N) is 2. The summed E-state index contributed by atoms with van der Waals surface area (Å²) in [5, 5.41) is 6.92. The molecule has 1 N–H and O–H groups in total. The van der Waals surface area contributed by atoms with Gasteiger partial charge in [0.25, 0.3) is 0 Å². The third kappa shape index (κ3) is 4.88. The summed E-state index contributed by atoms with van der Waals surface area (Å²) in [4.78, 5) is 12.0. The van der Waals surface area contributed by atoms with E-state index in [9.17, 15) is 17.6 Å². The second-order valence-electron chi connectivity index (χ2n) is 5.90. The predicted octanol–water partition coefficient (Wildman–Crippen LogP) is 1.70. The Kier molecular flexibility index (Phi) is 5.94. The van der Waals surface area contributed by atoms with Crippen molar-refractivity contribution in [1.82, 2.24) is 15.1 Å². The lowest BCUT2D eigenvalue weighted by Crippen LogP contribution is -2.29. The first-order chi connectivity index (χ1) is 11.7. The number of rotatable bonds is 7. The monoisotopic (exact) mass is 367 g/mol. The Morgan fingerprint density at radius 2 is 1.88 bits per heavy atom. The number of carbonyl (C=O) groups is 1. The van der Waals surface area contributed by atoms with E-state index in [2.05, 4.69) is 10.4 Å². The van der Waals surface area contributed by atoms with Crippen LogP contribution >= 0.6 is 0 Å². The van der Waals surface area contributed by atoms with Gasteiger partial charge in [0.2, 0.25) is 5.91 Å². The van der Waals surface area contributed by atoms with Crippen LogP contribution in [0.4, 0.5) is 4.39 Å². The lowest BCUT2D eigenvalue weighted by atomic mass is 10.1. The van der Waals surface area contributed by atoms with Gasteiger partial charge in [0.05, 0.1) is 16.3 Å². The van der Waals surface area contributed by atoms with Crippen molar-refractivity contribution in [1.29, 1.82) is 0 Å². The number of sulfone groups is 1. The van der Waals surface area contributed by atoms with E-state index in [0.717, 1.165) is 29.1 Å². The van der Waals surface area contributed by atoms with Crippen molar-refractivity contribution in [3.63, 3.8) is 0 Å². The van der Waals surface area contributed by atoms with E-state index in [1.807, 2.05) is 20.9 Å². The number of halogens is 1. The standard InChI is InChI=1S/C17H22FN3O3S/c1-12-16(13(2)21(3)20-12)8-9-17(22)19-10-11-25(23,24)15-6-4-14(18)5-7-15/h4-7H,8-11H2,1-3H3,(H,19,22). The zero-order chi connectivity index (χ0) is 18.6. The Morgan fingerprint density at radius 1 is 1.24 bits per heavy atom. The molecular weight excluding hydrogens is 345 g/mol. The molecule has 0 saturated heterocycles. The highest BCUT2D eigenvalue weighted by molar-refractivity contribution is 7.91. The normalized spacial score (nSPS) is 11.5. The molecule has 25 heavy (non-hydrogen) atoms. The topological polar surface area (TPSA) is 81.1 Å². The minimum atomic E-state index is -3.54. The summed E-state index contributed by atoms with van der Waals surface area (Å²) in [6.45, 7) is 3.86. The van der Waals surface area contributed by atoms with Gasteiger partial charge < -0.3 is 5.32 Å². The van der Waals surface area contributed by atoms with Gasteiger partial charge in [-0.25, -0.2) is 12.8 Å². The predicted molar refractivity (Wildman–Crippen MR) is 92.5 cm³/mol. The van der Waals surface area contributed by atoms with Gasteiger partial charge in [-0.1, -0.05) is 0 Å². The molecule has 1 amide bonds. The average Bonchev–Trinajstić information content (AvgIpc) is 2.78. The maximum absolute atomic E-state index is 12.9. The minimum Gasteiger partial charge on any atom is -0.355 e. The zero-order valence-corrected chi connectivity index (χ0v) is 15.4. The van der Waals surface area contributed by atoms with E-state index >= 15 is 0 Å². The summed E-state index contributed by atoms with van der Waals surface area (Å²) in [6.07, 6.45) is 0.825. The molecule has 0 atom stereocenters. The van der Waals surface area contributed by atoms with Crippen LogP contribution in [0.1, 0.15) is 23.4 Å². The Hall–Kier alpha value is -2.22. The maximum Gasteiger partial charge on any atom is 0.220 e. The van der Waals surface area contributed by atoms with Gasteiger partial charge >= 0.3 is 0 Å². The molecule has 0 unspecified atom stereocenters. The summed E-state index contributed by atoms with van der Waals surface area (Å²) < 4.78 is 38.9. The van der Waals surface area contributed by atoms with Crippen LogP contribution < -0.4 is 5.32 Å². The van der Waals surface area contributed by atoms with Crippen molar-refractivity contribution in [2.75, 3.05) is 12.3 Å². The highest BCUT2D eigenvalue weighted by atomic mass is 32.2.